The fourth-order valence-corrected chi connectivity index (χ4v) is 5.36. The number of H-pyrrole nitrogens is 1. The van der Waals surface area contributed by atoms with Crippen LogP contribution < -0.4 is 10.1 Å². The Balaban J connectivity index is 1.44. The molecule has 3 aromatic carbocycles. The van der Waals surface area contributed by atoms with Crippen LogP contribution in [0.4, 0.5) is 13.6 Å². The topological polar surface area (TPSA) is 108 Å². The van der Waals surface area contributed by atoms with E-state index in [1.165, 1.54) is 18.3 Å². The molecule has 212 valence electrons. The molecule has 1 aliphatic heterocycles. The zero-order valence-corrected chi connectivity index (χ0v) is 23.6. The summed E-state index contributed by atoms with van der Waals surface area (Å²) in [7, 11) is 0. The normalized spacial score (nSPS) is 16.5. The monoisotopic (exact) mass is 624 g/mol. The highest BCUT2D eigenvalue weighted by Crippen LogP contribution is 2.36. The first-order chi connectivity index (χ1) is 19.8. The third-order valence-corrected chi connectivity index (χ3v) is 7.59. The number of hydrogen-bond acceptors (Lipinski definition) is 5. The minimum absolute atomic E-state index is 0.0207. The van der Waals surface area contributed by atoms with E-state index in [-0.39, 0.29) is 41.4 Å². The third kappa shape index (κ3) is 6.01. The van der Waals surface area contributed by atoms with Gasteiger partial charge < -0.3 is 20.1 Å². The average molecular weight is 625 g/mol. The number of ether oxygens (including phenoxy) is 1. The first-order valence-corrected chi connectivity index (χ1v) is 13.8. The lowest BCUT2D eigenvalue weighted by atomic mass is 9.86. The summed E-state index contributed by atoms with van der Waals surface area (Å²) in [6.07, 6.45) is 1.35. The SMILES string of the molecule is C[C@@H](c1ccccc1)C(CN1C(=O)N[C@H](c2ccc(OCCO)cc2)C1=O)c1ncc(-c2c(F)cc(Br)cc2F)[nH]1. The molecule has 1 aromatic heterocycles. The lowest BCUT2D eigenvalue weighted by Gasteiger charge is -2.26. The summed E-state index contributed by atoms with van der Waals surface area (Å²) in [4.78, 5) is 35.2. The first kappa shape index (κ1) is 28.4. The van der Waals surface area contributed by atoms with Gasteiger partial charge in [0.25, 0.3) is 5.91 Å². The number of urea groups is 1. The van der Waals surface area contributed by atoms with Crippen molar-refractivity contribution >= 4 is 27.9 Å². The Bertz CT molecular complexity index is 1520. The summed E-state index contributed by atoms with van der Waals surface area (Å²) >= 11 is 3.09. The van der Waals surface area contributed by atoms with Gasteiger partial charge in [-0.1, -0.05) is 65.3 Å². The summed E-state index contributed by atoms with van der Waals surface area (Å²) in [5.41, 5.74) is 1.42. The molecular weight excluding hydrogens is 598 g/mol. The molecular formula is C30H27BrF2N4O4. The van der Waals surface area contributed by atoms with Crippen molar-refractivity contribution in [1.82, 2.24) is 20.2 Å². The van der Waals surface area contributed by atoms with Gasteiger partial charge in [0.15, 0.2) is 0 Å². The van der Waals surface area contributed by atoms with Crippen molar-refractivity contribution in [3.63, 3.8) is 0 Å². The van der Waals surface area contributed by atoms with Crippen LogP contribution in [0.2, 0.25) is 0 Å². The molecule has 0 spiro atoms. The number of aliphatic hydroxyl groups is 1. The van der Waals surface area contributed by atoms with Gasteiger partial charge in [-0.3, -0.25) is 9.69 Å². The third-order valence-electron chi connectivity index (χ3n) is 7.13. The number of nitrogens with zero attached hydrogens (tertiary/aromatic N) is 2. The number of benzene rings is 3. The molecule has 2 heterocycles. The Morgan fingerprint density at radius 2 is 1.76 bits per heavy atom. The molecule has 0 saturated carbocycles. The van der Waals surface area contributed by atoms with E-state index in [0.29, 0.717) is 17.1 Å². The van der Waals surface area contributed by atoms with Crippen LogP contribution in [0.5, 0.6) is 5.75 Å². The molecule has 1 fully saturated rings. The van der Waals surface area contributed by atoms with Crippen molar-refractivity contribution in [3.05, 3.63) is 106 Å². The van der Waals surface area contributed by atoms with Crippen LogP contribution in [0.15, 0.2) is 77.4 Å². The Morgan fingerprint density at radius 1 is 1.07 bits per heavy atom. The molecule has 11 heteroatoms. The number of carbonyl (C=O) groups is 2. The second-order valence-corrected chi connectivity index (χ2v) is 10.6. The second kappa shape index (κ2) is 12.2. The van der Waals surface area contributed by atoms with Crippen molar-refractivity contribution in [3.8, 4) is 17.0 Å². The molecule has 1 aliphatic rings. The van der Waals surface area contributed by atoms with Crippen molar-refractivity contribution in [2.75, 3.05) is 19.8 Å². The zero-order valence-electron chi connectivity index (χ0n) is 22.0. The number of hydrogen-bond donors (Lipinski definition) is 3. The fraction of sp³-hybridized carbons (Fsp3) is 0.233. The number of imidazole rings is 1. The van der Waals surface area contributed by atoms with Gasteiger partial charge in [-0.05, 0) is 41.3 Å². The standard InChI is InChI=1S/C30H27BrF2N4O4/c1-17(18-5-3-2-4-6-18)22(28-34-15-25(35-28)26-23(32)13-20(31)14-24(26)33)16-37-29(39)27(36-30(37)40)19-7-9-21(10-8-19)41-12-11-38/h2-10,13-15,17,22,27,38H,11-12,16H2,1H3,(H,34,35)(H,36,40)/t17-,22?,27+/m0/s1. The van der Waals surface area contributed by atoms with Crippen LogP contribution in [0, 0.1) is 11.6 Å². The number of rotatable bonds is 10. The molecule has 1 unspecified atom stereocenters. The van der Waals surface area contributed by atoms with E-state index in [9.17, 15) is 18.4 Å². The molecule has 3 N–H and O–H groups in total. The van der Waals surface area contributed by atoms with E-state index >= 15 is 0 Å². The molecule has 41 heavy (non-hydrogen) atoms. The number of carbonyl (C=O) groups excluding carboxylic acids is 2. The molecule has 4 aromatic rings. The quantitative estimate of drug-likeness (QED) is 0.197. The van der Waals surface area contributed by atoms with E-state index in [1.54, 1.807) is 24.3 Å². The number of aliphatic hydroxyl groups excluding tert-OH is 1. The number of halogens is 3. The first-order valence-electron chi connectivity index (χ1n) is 13.0. The second-order valence-electron chi connectivity index (χ2n) is 9.70. The highest BCUT2D eigenvalue weighted by atomic mass is 79.9. The Labute approximate surface area is 243 Å². The molecule has 1 saturated heterocycles. The zero-order chi connectivity index (χ0) is 29.1. The van der Waals surface area contributed by atoms with Crippen LogP contribution in [-0.2, 0) is 4.79 Å². The maximum atomic E-state index is 14.7. The maximum Gasteiger partial charge on any atom is 0.325 e. The minimum Gasteiger partial charge on any atom is -0.491 e. The smallest absolute Gasteiger partial charge is 0.325 e. The summed E-state index contributed by atoms with van der Waals surface area (Å²) in [5, 5.41) is 11.7. The van der Waals surface area contributed by atoms with Crippen molar-refractivity contribution < 1.29 is 28.2 Å². The largest absolute Gasteiger partial charge is 0.491 e. The summed E-state index contributed by atoms with van der Waals surface area (Å²) in [5.74, 6) is -1.78. The number of aromatic amines is 1. The Hall–Kier alpha value is -4.09. The lowest BCUT2D eigenvalue weighted by molar-refractivity contribution is -0.127. The van der Waals surface area contributed by atoms with Crippen LogP contribution in [0.3, 0.4) is 0 Å². The fourth-order valence-electron chi connectivity index (χ4n) is 4.96. The number of imide groups is 1. The number of amides is 3. The van der Waals surface area contributed by atoms with E-state index in [4.69, 9.17) is 9.84 Å². The van der Waals surface area contributed by atoms with Gasteiger partial charge in [0.05, 0.1) is 24.1 Å². The lowest BCUT2D eigenvalue weighted by Crippen LogP contribution is -2.36. The number of aromatic nitrogens is 2. The molecule has 3 atom stereocenters. The minimum atomic E-state index is -0.889. The molecule has 5 rings (SSSR count). The van der Waals surface area contributed by atoms with E-state index in [2.05, 4.69) is 31.2 Å². The highest BCUT2D eigenvalue weighted by molar-refractivity contribution is 9.10. The molecule has 8 nitrogen and oxygen atoms in total. The summed E-state index contributed by atoms with van der Waals surface area (Å²) in [6.45, 7) is 1.95. The predicted molar refractivity (Wildman–Crippen MR) is 151 cm³/mol. The van der Waals surface area contributed by atoms with Gasteiger partial charge in [0.2, 0.25) is 0 Å². The van der Waals surface area contributed by atoms with E-state index in [0.717, 1.165) is 10.5 Å². The van der Waals surface area contributed by atoms with Gasteiger partial charge >= 0.3 is 6.03 Å². The number of nitrogens with one attached hydrogen (secondary N) is 2. The summed E-state index contributed by atoms with van der Waals surface area (Å²) in [6, 6.07) is 17.1. The average Bonchev–Trinajstić information content (AvgIpc) is 3.54. The van der Waals surface area contributed by atoms with E-state index in [1.807, 2.05) is 37.3 Å². The van der Waals surface area contributed by atoms with Crippen molar-refractivity contribution in [1.29, 1.82) is 0 Å². The summed E-state index contributed by atoms with van der Waals surface area (Å²) < 4.78 is 35.1. The van der Waals surface area contributed by atoms with Crippen LogP contribution in [0.25, 0.3) is 11.3 Å². The predicted octanol–water partition coefficient (Wildman–Crippen LogP) is 5.67. The van der Waals surface area contributed by atoms with Gasteiger partial charge in [-0.25, -0.2) is 18.6 Å². The van der Waals surface area contributed by atoms with Gasteiger partial charge in [-0.15, -0.1) is 0 Å². The molecule has 3 amide bonds. The van der Waals surface area contributed by atoms with Gasteiger partial charge in [-0.2, -0.15) is 0 Å². The van der Waals surface area contributed by atoms with Crippen LogP contribution in [0.1, 0.15) is 41.8 Å². The Kier molecular flexibility index (Phi) is 8.46. The molecule has 0 aliphatic carbocycles. The van der Waals surface area contributed by atoms with Crippen LogP contribution >= 0.6 is 15.9 Å². The molecule has 0 radical (unpaired) electrons. The van der Waals surface area contributed by atoms with Crippen molar-refractivity contribution in [2.24, 2.45) is 0 Å². The van der Waals surface area contributed by atoms with Gasteiger partial charge in [0, 0.05) is 16.9 Å². The van der Waals surface area contributed by atoms with Gasteiger partial charge in [0.1, 0.15) is 35.9 Å². The highest BCUT2D eigenvalue weighted by Gasteiger charge is 2.41. The van der Waals surface area contributed by atoms with Crippen molar-refractivity contribution in [2.45, 2.75) is 24.8 Å². The maximum absolute atomic E-state index is 14.7. The molecule has 0 bridgehead atoms. The van der Waals surface area contributed by atoms with E-state index < -0.39 is 35.5 Å². The van der Waals surface area contributed by atoms with Crippen LogP contribution in [-0.4, -0.2) is 51.7 Å². The Morgan fingerprint density at radius 3 is 2.41 bits per heavy atom.